The minimum absolute atomic E-state index is 0.00141. The van der Waals surface area contributed by atoms with Gasteiger partial charge in [0.1, 0.15) is 0 Å². The van der Waals surface area contributed by atoms with Gasteiger partial charge in [-0.2, -0.15) is 0 Å². The molecule has 0 atom stereocenters. The summed E-state index contributed by atoms with van der Waals surface area (Å²) in [6, 6.07) is 11.9. The van der Waals surface area contributed by atoms with Crippen molar-refractivity contribution >= 4 is 11.5 Å². The zero-order valence-corrected chi connectivity index (χ0v) is 15.4. The van der Waals surface area contributed by atoms with E-state index in [1.165, 1.54) is 11.1 Å². The van der Waals surface area contributed by atoms with Crippen molar-refractivity contribution < 1.29 is 14.3 Å². The lowest BCUT2D eigenvalue weighted by atomic mass is 9.86. The highest BCUT2D eigenvalue weighted by Gasteiger charge is 2.22. The average Bonchev–Trinajstić information content (AvgIpc) is 3.07. The van der Waals surface area contributed by atoms with Crippen LogP contribution in [0, 0.1) is 0 Å². The minimum atomic E-state index is -0.00141. The van der Waals surface area contributed by atoms with Gasteiger partial charge in [-0.25, -0.2) is 0 Å². The van der Waals surface area contributed by atoms with Crippen LogP contribution in [0.4, 0.5) is 0 Å². The molecule has 0 radical (unpaired) electrons. The molecule has 1 N–H and O–H groups in total. The van der Waals surface area contributed by atoms with Crippen LogP contribution in [0.25, 0.3) is 5.70 Å². The molecule has 0 amide bonds. The number of nitrogens with one attached hydrogen (secondary N) is 1. The van der Waals surface area contributed by atoms with E-state index in [2.05, 4.69) is 26.1 Å². The van der Waals surface area contributed by atoms with Crippen LogP contribution in [-0.2, 0) is 11.8 Å². The molecule has 134 valence electrons. The Labute approximate surface area is 153 Å². The van der Waals surface area contributed by atoms with Gasteiger partial charge in [-0.3, -0.25) is 4.79 Å². The summed E-state index contributed by atoms with van der Waals surface area (Å²) in [6.07, 6.45) is 2.59. The molecule has 4 nitrogen and oxygen atoms in total. The molecular formula is C22H23NO3. The number of hydrogen-bond acceptors (Lipinski definition) is 4. The fourth-order valence-electron chi connectivity index (χ4n) is 3.35. The Hall–Kier alpha value is -2.75. The summed E-state index contributed by atoms with van der Waals surface area (Å²) in [7, 11) is 0. The van der Waals surface area contributed by atoms with Crippen molar-refractivity contribution in [3.63, 3.8) is 0 Å². The van der Waals surface area contributed by atoms with E-state index in [0.717, 1.165) is 35.7 Å². The summed E-state index contributed by atoms with van der Waals surface area (Å²) >= 11 is 0. The molecule has 0 spiro atoms. The third-order valence-corrected chi connectivity index (χ3v) is 4.91. The summed E-state index contributed by atoms with van der Waals surface area (Å²) in [4.78, 5) is 12.7. The number of carbonyl (C=O) groups excluding carboxylic acids is 1. The number of ether oxygens (including phenoxy) is 2. The van der Waals surface area contributed by atoms with E-state index in [-0.39, 0.29) is 18.0 Å². The van der Waals surface area contributed by atoms with Gasteiger partial charge in [-0.1, -0.05) is 45.0 Å². The zero-order valence-electron chi connectivity index (χ0n) is 15.4. The molecule has 0 bridgehead atoms. The van der Waals surface area contributed by atoms with Crippen LogP contribution in [0.3, 0.4) is 0 Å². The second-order valence-corrected chi connectivity index (χ2v) is 7.79. The van der Waals surface area contributed by atoms with E-state index in [0.29, 0.717) is 5.56 Å². The minimum Gasteiger partial charge on any atom is -0.454 e. The van der Waals surface area contributed by atoms with Gasteiger partial charge < -0.3 is 14.8 Å². The Balaban J connectivity index is 1.64. The predicted octanol–water partition coefficient (Wildman–Crippen LogP) is 4.08. The molecule has 0 aliphatic carbocycles. The molecular weight excluding hydrogens is 326 g/mol. The first-order valence-corrected chi connectivity index (χ1v) is 8.95. The molecule has 2 heterocycles. The molecule has 4 heteroatoms. The Kier molecular flexibility index (Phi) is 3.98. The average molecular weight is 349 g/mol. The maximum Gasteiger partial charge on any atom is 0.231 e. The third kappa shape index (κ3) is 3.07. The summed E-state index contributed by atoms with van der Waals surface area (Å²) in [5, 5.41) is 3.35. The van der Waals surface area contributed by atoms with Gasteiger partial charge in [0, 0.05) is 29.4 Å². The number of fused-ring (bicyclic) bond motifs is 2. The van der Waals surface area contributed by atoms with Crippen molar-refractivity contribution in [1.82, 2.24) is 5.32 Å². The molecule has 2 aliphatic rings. The van der Waals surface area contributed by atoms with E-state index in [9.17, 15) is 4.79 Å². The van der Waals surface area contributed by atoms with Crippen LogP contribution in [-0.4, -0.2) is 19.1 Å². The Morgan fingerprint density at radius 1 is 1.08 bits per heavy atom. The molecule has 4 rings (SSSR count). The molecule has 2 aromatic rings. The SMILES string of the molecule is CC(C)(C)c1ccc(C(=O)C=C2NCCc3cc4c(cc32)OCO4)cc1. The summed E-state index contributed by atoms with van der Waals surface area (Å²) in [5.74, 6) is 1.52. The van der Waals surface area contributed by atoms with Crippen LogP contribution in [0.1, 0.15) is 47.8 Å². The Morgan fingerprint density at radius 3 is 2.46 bits per heavy atom. The topological polar surface area (TPSA) is 47.6 Å². The van der Waals surface area contributed by atoms with E-state index in [1.807, 2.05) is 36.4 Å². The van der Waals surface area contributed by atoms with Crippen molar-refractivity contribution in [3.8, 4) is 11.5 Å². The highest BCUT2D eigenvalue weighted by Crippen LogP contribution is 2.38. The maximum absolute atomic E-state index is 12.7. The van der Waals surface area contributed by atoms with Crippen LogP contribution in [0.5, 0.6) is 11.5 Å². The lowest BCUT2D eigenvalue weighted by Gasteiger charge is -2.21. The smallest absolute Gasteiger partial charge is 0.231 e. The number of carbonyl (C=O) groups is 1. The first kappa shape index (κ1) is 16.7. The molecule has 0 aromatic heterocycles. The number of allylic oxidation sites excluding steroid dienone is 1. The highest BCUT2D eigenvalue weighted by atomic mass is 16.7. The summed E-state index contributed by atoms with van der Waals surface area (Å²) < 4.78 is 10.9. The van der Waals surface area contributed by atoms with Gasteiger partial charge >= 0.3 is 0 Å². The Morgan fingerprint density at radius 2 is 1.77 bits per heavy atom. The van der Waals surface area contributed by atoms with Crippen LogP contribution in [0.15, 0.2) is 42.5 Å². The zero-order chi connectivity index (χ0) is 18.3. The second kappa shape index (κ2) is 6.20. The molecule has 26 heavy (non-hydrogen) atoms. The second-order valence-electron chi connectivity index (χ2n) is 7.79. The largest absolute Gasteiger partial charge is 0.454 e. The van der Waals surface area contributed by atoms with Crippen LogP contribution < -0.4 is 14.8 Å². The lowest BCUT2D eigenvalue weighted by molar-refractivity contribution is 0.104. The number of hydrogen-bond donors (Lipinski definition) is 1. The first-order chi connectivity index (χ1) is 12.4. The van der Waals surface area contributed by atoms with Crippen molar-refractivity contribution in [2.45, 2.75) is 32.6 Å². The van der Waals surface area contributed by atoms with Crippen LogP contribution >= 0.6 is 0 Å². The lowest BCUT2D eigenvalue weighted by Crippen LogP contribution is -2.23. The Bertz CT molecular complexity index is 889. The van der Waals surface area contributed by atoms with E-state index < -0.39 is 0 Å². The molecule has 0 unspecified atom stereocenters. The standard InChI is InChI=1S/C22H23NO3/c1-22(2,3)16-6-4-14(5-7-16)19(24)12-18-17-11-21-20(25-13-26-21)10-15(17)8-9-23-18/h4-7,10-12,23H,8-9,13H2,1-3H3. The first-order valence-electron chi connectivity index (χ1n) is 8.95. The molecule has 0 saturated carbocycles. The molecule has 0 saturated heterocycles. The van der Waals surface area contributed by atoms with Gasteiger partial charge in [-0.05, 0) is 35.1 Å². The quantitative estimate of drug-likeness (QED) is 0.655. The van der Waals surface area contributed by atoms with Crippen molar-refractivity contribution in [2.75, 3.05) is 13.3 Å². The van der Waals surface area contributed by atoms with E-state index in [1.54, 1.807) is 6.08 Å². The third-order valence-electron chi connectivity index (χ3n) is 4.91. The number of rotatable bonds is 2. The molecule has 2 aliphatic heterocycles. The van der Waals surface area contributed by atoms with Gasteiger partial charge in [0.25, 0.3) is 0 Å². The van der Waals surface area contributed by atoms with Gasteiger partial charge in [0.2, 0.25) is 6.79 Å². The van der Waals surface area contributed by atoms with E-state index >= 15 is 0 Å². The number of ketones is 1. The van der Waals surface area contributed by atoms with Crippen molar-refractivity contribution in [3.05, 3.63) is 64.7 Å². The van der Waals surface area contributed by atoms with Crippen LogP contribution in [0.2, 0.25) is 0 Å². The summed E-state index contributed by atoms with van der Waals surface area (Å²) in [6.45, 7) is 7.55. The molecule has 2 aromatic carbocycles. The normalized spacial score (nSPS) is 17.0. The van der Waals surface area contributed by atoms with Crippen molar-refractivity contribution in [1.29, 1.82) is 0 Å². The highest BCUT2D eigenvalue weighted by molar-refractivity contribution is 6.08. The predicted molar refractivity (Wildman–Crippen MR) is 102 cm³/mol. The molecule has 0 fully saturated rings. The fraction of sp³-hybridized carbons (Fsp3) is 0.318. The van der Waals surface area contributed by atoms with Gasteiger partial charge in [0.15, 0.2) is 17.3 Å². The van der Waals surface area contributed by atoms with E-state index in [4.69, 9.17) is 9.47 Å². The fourth-order valence-corrected chi connectivity index (χ4v) is 3.35. The van der Waals surface area contributed by atoms with Gasteiger partial charge in [0.05, 0.1) is 0 Å². The summed E-state index contributed by atoms with van der Waals surface area (Å²) in [5.41, 5.74) is 5.02. The van der Waals surface area contributed by atoms with Crippen molar-refractivity contribution in [2.24, 2.45) is 0 Å². The van der Waals surface area contributed by atoms with Gasteiger partial charge in [-0.15, -0.1) is 0 Å². The maximum atomic E-state index is 12.7. The number of benzene rings is 2. The monoisotopic (exact) mass is 349 g/mol.